The van der Waals surface area contributed by atoms with Gasteiger partial charge in [0.15, 0.2) is 0 Å². The Morgan fingerprint density at radius 2 is 2.38 bits per heavy atom. The highest BCUT2D eigenvalue weighted by molar-refractivity contribution is 5.94. The van der Waals surface area contributed by atoms with Crippen molar-refractivity contribution in [2.45, 2.75) is 6.04 Å². The molecule has 1 fully saturated rings. The van der Waals surface area contributed by atoms with E-state index in [2.05, 4.69) is 10.6 Å². The van der Waals surface area contributed by atoms with Crippen LogP contribution in [0.15, 0.2) is 23.0 Å². The Morgan fingerprint density at radius 1 is 1.62 bits per heavy atom. The Bertz CT molecular complexity index is 270. The van der Waals surface area contributed by atoms with Gasteiger partial charge < -0.3 is 15.1 Å². The van der Waals surface area contributed by atoms with Crippen molar-refractivity contribution in [1.82, 2.24) is 10.6 Å². The van der Waals surface area contributed by atoms with Crippen molar-refractivity contribution in [2.24, 2.45) is 0 Å². The number of rotatable bonds is 2. The van der Waals surface area contributed by atoms with Crippen LogP contribution in [0.2, 0.25) is 0 Å². The molecule has 72 valence electrons. The molecule has 4 nitrogen and oxygen atoms in total. The summed E-state index contributed by atoms with van der Waals surface area (Å²) in [5.41, 5.74) is 0.585. The van der Waals surface area contributed by atoms with E-state index in [0.717, 1.165) is 13.1 Å². The molecule has 0 unspecified atom stereocenters. The Kier molecular flexibility index (Phi) is 3.33. The SMILES string of the molecule is Cl.O=C(NC1CNC1)c1ccoc1. The third-order valence-corrected chi connectivity index (χ3v) is 1.90. The van der Waals surface area contributed by atoms with Gasteiger partial charge in [-0.25, -0.2) is 0 Å². The van der Waals surface area contributed by atoms with E-state index in [0.29, 0.717) is 5.56 Å². The summed E-state index contributed by atoms with van der Waals surface area (Å²) in [4.78, 5) is 11.3. The number of amides is 1. The summed E-state index contributed by atoms with van der Waals surface area (Å²) >= 11 is 0. The zero-order valence-electron chi connectivity index (χ0n) is 6.95. The first-order valence-electron chi connectivity index (χ1n) is 3.90. The first-order chi connectivity index (χ1) is 5.86. The van der Waals surface area contributed by atoms with Gasteiger partial charge >= 0.3 is 0 Å². The molecule has 1 aromatic rings. The lowest BCUT2D eigenvalue weighted by molar-refractivity contribution is 0.0923. The second-order valence-corrected chi connectivity index (χ2v) is 2.84. The number of nitrogens with one attached hydrogen (secondary N) is 2. The zero-order valence-corrected chi connectivity index (χ0v) is 7.76. The highest BCUT2D eigenvalue weighted by atomic mass is 35.5. The van der Waals surface area contributed by atoms with Gasteiger partial charge in [-0.2, -0.15) is 0 Å². The van der Waals surface area contributed by atoms with E-state index in [9.17, 15) is 4.79 Å². The molecule has 2 rings (SSSR count). The van der Waals surface area contributed by atoms with Gasteiger partial charge in [0.25, 0.3) is 5.91 Å². The maximum absolute atomic E-state index is 11.3. The second kappa shape index (κ2) is 4.30. The number of hydrogen-bond donors (Lipinski definition) is 2. The summed E-state index contributed by atoms with van der Waals surface area (Å²) in [6.45, 7) is 1.73. The number of hydrogen-bond acceptors (Lipinski definition) is 3. The minimum atomic E-state index is -0.0600. The van der Waals surface area contributed by atoms with Crippen LogP contribution in [0, 0.1) is 0 Å². The molecule has 0 aliphatic carbocycles. The average molecular weight is 203 g/mol. The molecule has 0 radical (unpaired) electrons. The van der Waals surface area contributed by atoms with Crippen molar-refractivity contribution < 1.29 is 9.21 Å². The first kappa shape index (κ1) is 10.1. The standard InChI is InChI=1S/C8H10N2O2.ClH/c11-8(6-1-2-12-5-6)10-7-3-9-4-7;/h1-2,5,7,9H,3-4H2,(H,10,11);1H. The summed E-state index contributed by atoms with van der Waals surface area (Å²) in [6.07, 6.45) is 2.94. The Balaban J connectivity index is 0.000000845. The van der Waals surface area contributed by atoms with Crippen molar-refractivity contribution in [3.05, 3.63) is 24.2 Å². The van der Waals surface area contributed by atoms with Crippen LogP contribution in [0.1, 0.15) is 10.4 Å². The molecule has 1 aliphatic rings. The van der Waals surface area contributed by atoms with Crippen molar-refractivity contribution >= 4 is 18.3 Å². The van der Waals surface area contributed by atoms with E-state index in [4.69, 9.17) is 4.42 Å². The molecule has 1 aliphatic heterocycles. The summed E-state index contributed by atoms with van der Waals surface area (Å²) < 4.78 is 4.79. The molecule has 13 heavy (non-hydrogen) atoms. The molecule has 2 N–H and O–H groups in total. The van der Waals surface area contributed by atoms with Crippen LogP contribution >= 0.6 is 12.4 Å². The highest BCUT2D eigenvalue weighted by Crippen LogP contribution is 2.01. The first-order valence-corrected chi connectivity index (χ1v) is 3.90. The van der Waals surface area contributed by atoms with Crippen LogP contribution in [-0.2, 0) is 0 Å². The zero-order chi connectivity index (χ0) is 8.39. The Hall–Kier alpha value is -1.00. The fraction of sp³-hybridized carbons (Fsp3) is 0.375. The van der Waals surface area contributed by atoms with Crippen LogP contribution in [0.5, 0.6) is 0 Å². The summed E-state index contributed by atoms with van der Waals surface area (Å²) in [7, 11) is 0. The molecule has 1 amide bonds. The number of carbonyl (C=O) groups is 1. The second-order valence-electron chi connectivity index (χ2n) is 2.84. The van der Waals surface area contributed by atoms with Crippen LogP contribution in [0.25, 0.3) is 0 Å². The highest BCUT2D eigenvalue weighted by Gasteiger charge is 2.19. The van der Waals surface area contributed by atoms with Gasteiger partial charge in [0.2, 0.25) is 0 Å². The summed E-state index contributed by atoms with van der Waals surface area (Å²) in [5, 5.41) is 5.93. The lowest BCUT2D eigenvalue weighted by Crippen LogP contribution is -2.56. The third kappa shape index (κ3) is 2.23. The van der Waals surface area contributed by atoms with Crippen LogP contribution in [0.3, 0.4) is 0 Å². The number of carbonyl (C=O) groups excluding carboxylic acids is 1. The smallest absolute Gasteiger partial charge is 0.254 e. The minimum absolute atomic E-state index is 0. The van der Waals surface area contributed by atoms with Gasteiger partial charge in [-0.3, -0.25) is 4.79 Å². The molecule has 0 spiro atoms. The van der Waals surface area contributed by atoms with E-state index >= 15 is 0 Å². The van der Waals surface area contributed by atoms with Crippen molar-refractivity contribution in [1.29, 1.82) is 0 Å². The molecule has 0 atom stereocenters. The van der Waals surface area contributed by atoms with E-state index in [1.807, 2.05) is 0 Å². The minimum Gasteiger partial charge on any atom is -0.472 e. The number of halogens is 1. The van der Waals surface area contributed by atoms with Crippen molar-refractivity contribution in [3.8, 4) is 0 Å². The molecule has 0 bridgehead atoms. The Morgan fingerprint density at radius 3 is 2.85 bits per heavy atom. The van der Waals surface area contributed by atoms with Gasteiger partial charge in [-0.05, 0) is 6.07 Å². The summed E-state index contributed by atoms with van der Waals surface area (Å²) in [5.74, 6) is -0.0600. The van der Waals surface area contributed by atoms with Gasteiger partial charge in [-0.1, -0.05) is 0 Å². The van der Waals surface area contributed by atoms with Crippen molar-refractivity contribution in [3.63, 3.8) is 0 Å². The van der Waals surface area contributed by atoms with E-state index in [-0.39, 0.29) is 24.4 Å². The van der Waals surface area contributed by atoms with Crippen LogP contribution < -0.4 is 10.6 Å². The number of furan rings is 1. The van der Waals surface area contributed by atoms with Gasteiger partial charge in [0.05, 0.1) is 17.9 Å². The van der Waals surface area contributed by atoms with Gasteiger partial charge in [0.1, 0.15) is 6.26 Å². The van der Waals surface area contributed by atoms with E-state index < -0.39 is 0 Å². The molecule has 0 saturated carbocycles. The lowest BCUT2D eigenvalue weighted by Gasteiger charge is -2.27. The monoisotopic (exact) mass is 202 g/mol. The molecule has 0 aromatic carbocycles. The van der Waals surface area contributed by atoms with Gasteiger partial charge in [0, 0.05) is 13.1 Å². The molecule has 5 heteroatoms. The molecule has 1 aromatic heterocycles. The maximum Gasteiger partial charge on any atom is 0.254 e. The molecular formula is C8H11ClN2O2. The topological polar surface area (TPSA) is 54.3 Å². The van der Waals surface area contributed by atoms with Crippen LogP contribution in [0.4, 0.5) is 0 Å². The van der Waals surface area contributed by atoms with Gasteiger partial charge in [-0.15, -0.1) is 12.4 Å². The fourth-order valence-corrected chi connectivity index (χ4v) is 1.05. The third-order valence-electron chi connectivity index (χ3n) is 1.90. The maximum atomic E-state index is 11.3. The molecule has 1 saturated heterocycles. The predicted octanol–water partition coefficient (Wildman–Crippen LogP) is 0.403. The molecular weight excluding hydrogens is 192 g/mol. The predicted molar refractivity (Wildman–Crippen MR) is 50.1 cm³/mol. The Labute approximate surface area is 82.1 Å². The normalized spacial score (nSPS) is 15.7. The molecule has 2 heterocycles. The van der Waals surface area contributed by atoms with E-state index in [1.54, 1.807) is 6.07 Å². The lowest BCUT2D eigenvalue weighted by atomic mass is 10.1. The average Bonchev–Trinajstić information content (AvgIpc) is 2.47. The quantitative estimate of drug-likeness (QED) is 0.730. The van der Waals surface area contributed by atoms with Crippen LogP contribution in [-0.4, -0.2) is 25.0 Å². The van der Waals surface area contributed by atoms with E-state index in [1.165, 1.54) is 12.5 Å². The van der Waals surface area contributed by atoms with Crippen molar-refractivity contribution in [2.75, 3.05) is 13.1 Å². The summed E-state index contributed by atoms with van der Waals surface area (Å²) in [6, 6.07) is 1.94. The fourth-order valence-electron chi connectivity index (χ4n) is 1.05. The largest absolute Gasteiger partial charge is 0.472 e.